The van der Waals surface area contributed by atoms with Crippen LogP contribution in [0.2, 0.25) is 0 Å². The molecule has 0 aromatic carbocycles. The Bertz CT molecular complexity index is 158. The minimum Gasteiger partial charge on any atom is -0.396 e. The fraction of sp³-hybridized carbons (Fsp3) is 1.00. The molecule has 0 saturated heterocycles. The van der Waals surface area contributed by atoms with E-state index in [9.17, 15) is 0 Å². The molecule has 0 aliphatic rings. The number of alkyl halides is 30. The summed E-state index contributed by atoms with van der Waals surface area (Å²) in [6.07, 6.45) is 0.461. The normalized spacial score (nSPS) is 6.50. The van der Waals surface area contributed by atoms with Gasteiger partial charge in [0.1, 0.15) is 4.84 Å². The highest BCUT2D eigenvalue weighted by Crippen LogP contribution is 2.04. The first-order valence-corrected chi connectivity index (χ1v) is 25.0. The Kier molecular flexibility index (Phi) is 458. The lowest BCUT2D eigenvalue weighted by molar-refractivity contribution is 0.293. The van der Waals surface area contributed by atoms with E-state index in [0.29, 0.717) is 6.42 Å². The Hall–Kier alpha value is 8.66. The molecule has 0 rings (SSSR count). The summed E-state index contributed by atoms with van der Waals surface area (Å²) in [5.41, 5.74) is 0. The molecule has 0 aliphatic carbocycles. The van der Waals surface area contributed by atoms with Crippen LogP contribution in [0.3, 0.4) is 0 Å². The van der Waals surface area contributed by atoms with Gasteiger partial charge in [0.05, 0.1) is 74.7 Å². The van der Waals surface area contributed by atoms with Crippen LogP contribution in [0.25, 0.3) is 0 Å². The molecule has 0 atom stereocenters. The van der Waals surface area contributed by atoms with Crippen molar-refractivity contribution >= 4 is 348 Å². The molecule has 0 amide bonds. The highest BCUT2D eigenvalue weighted by atomic mass is 35.6. The van der Waals surface area contributed by atoms with E-state index < -0.39 is 4.84 Å². The van der Waals surface area contributed by atoms with Gasteiger partial charge in [-0.3, -0.25) is 0 Å². The first kappa shape index (κ1) is 101. The van der Waals surface area contributed by atoms with Crippen LogP contribution in [0.1, 0.15) is 6.42 Å². The molecule has 1 N–H and O–H groups in total. The second kappa shape index (κ2) is 217. The summed E-state index contributed by atoms with van der Waals surface area (Å²) in [5.74, 6) is 0. The molecule has 31 heteroatoms. The lowest BCUT2D eigenvalue weighted by Gasteiger charge is -1.90. The zero-order chi connectivity index (χ0) is 42.9. The van der Waals surface area contributed by atoms with Gasteiger partial charge in [0.15, 0.2) is 0 Å². The van der Waals surface area contributed by atoms with Crippen LogP contribution in [-0.4, -0.2) is 91.3 Å². The highest BCUT2D eigenvalue weighted by molar-refractivity contribution is 6.45. The predicted octanol–water partition coefficient (Wildman–Crippen LogP) is 21.1. The van der Waals surface area contributed by atoms with E-state index in [-0.39, 0.29) is 81.4 Å². The number of hydrogen-bond donors (Lipinski definition) is 1. The lowest BCUT2D eigenvalue weighted by Crippen LogP contribution is -1.89. The first-order chi connectivity index (χ1) is 22.6. The predicted molar refractivity (Wildman–Crippen MR) is 259 cm³/mol. The number of aliphatic hydroxyl groups excluding tert-OH is 1. The lowest BCUT2D eigenvalue weighted by atomic mass is 10.5. The van der Waals surface area contributed by atoms with Crippen LogP contribution in [0.15, 0.2) is 0 Å². The van der Waals surface area contributed by atoms with Crippen molar-refractivity contribution in [2.75, 3.05) is 81.4 Å². The third-order valence-electron chi connectivity index (χ3n) is 0.347. The minimum absolute atomic E-state index is 0.0671. The molecule has 0 fully saturated rings. The zero-order valence-electron chi connectivity index (χ0n) is 23.7. The molecule has 0 bridgehead atoms. The molecule has 0 aromatic rings. The van der Waals surface area contributed by atoms with Crippen LogP contribution in [-0.2, 0) is 0 Å². The SMILES string of the molecule is ClCCl.ClCCl.ClCCl.ClCCl.ClCCl.ClCCl.ClCCl.ClCCl.ClCCl.ClCCl.ClCCl.ClCCl.ClCCl.ClCCl.OCCC(Cl)Cl. The van der Waals surface area contributed by atoms with E-state index in [1.807, 2.05) is 0 Å². The van der Waals surface area contributed by atoms with Crippen molar-refractivity contribution in [2.24, 2.45) is 0 Å². The number of halogens is 30. The van der Waals surface area contributed by atoms with Crippen LogP contribution >= 0.6 is 348 Å². The standard InChI is InChI=1S/C3H6Cl2O.14CH2Cl2/c4-3(5)1-2-6;14*2-1-3/h3,6H,1-2H2;14*1H2. The van der Waals surface area contributed by atoms with Crippen molar-refractivity contribution < 1.29 is 5.11 Å². The second-order valence-electron chi connectivity index (χ2n) is 2.32. The fourth-order valence-electron chi connectivity index (χ4n) is 0.0976. The van der Waals surface area contributed by atoms with Gasteiger partial charge in [-0.05, 0) is 0 Å². The summed E-state index contributed by atoms with van der Waals surface area (Å²) in [7, 11) is 0. The van der Waals surface area contributed by atoms with Crippen molar-refractivity contribution in [3.8, 4) is 0 Å². The average molecular weight is 1320 g/mol. The van der Waals surface area contributed by atoms with Gasteiger partial charge in [-0.25, -0.2) is 0 Å². The molecule has 0 aromatic heterocycles. The number of hydrogen-bond acceptors (Lipinski definition) is 1. The van der Waals surface area contributed by atoms with Gasteiger partial charge in [-0.2, -0.15) is 0 Å². The maximum atomic E-state index is 8.07. The Balaban J connectivity index is -0.0000000188. The Morgan fingerprint density at radius 2 is 0.292 bits per heavy atom. The van der Waals surface area contributed by atoms with Crippen LogP contribution < -0.4 is 0 Å². The van der Waals surface area contributed by atoms with Crippen LogP contribution in [0.5, 0.6) is 0 Å². The topological polar surface area (TPSA) is 20.2 Å². The monoisotopic (exact) mass is 1300 g/mol. The summed E-state index contributed by atoms with van der Waals surface area (Å²) in [6, 6.07) is 0. The summed E-state index contributed by atoms with van der Waals surface area (Å²) >= 11 is 144. The molecular formula is C17H34Cl30O. The largest absolute Gasteiger partial charge is 0.396 e. The average Bonchev–Trinajstić information content (AvgIpc) is 2.95. The first-order valence-electron chi connectivity index (χ1n) is 9.14. The third kappa shape index (κ3) is 1160. The summed E-state index contributed by atoms with van der Waals surface area (Å²) in [5, 5.41) is 10.8. The third-order valence-corrected chi connectivity index (χ3v) is 0.784. The van der Waals surface area contributed by atoms with Gasteiger partial charge in [0.2, 0.25) is 0 Å². The van der Waals surface area contributed by atoms with E-state index in [1.54, 1.807) is 0 Å². The quantitative estimate of drug-likeness (QED) is 0.273. The molecule has 0 heterocycles. The molecule has 0 unspecified atom stereocenters. The summed E-state index contributed by atoms with van der Waals surface area (Å²) in [4.78, 5) is -0.407. The second-order valence-corrected chi connectivity index (χ2v) is 14.9. The molecular weight excluding hydrogens is 1280 g/mol. The van der Waals surface area contributed by atoms with Crippen molar-refractivity contribution in [1.82, 2.24) is 0 Å². The molecule has 1 nitrogen and oxygen atoms in total. The zero-order valence-corrected chi connectivity index (χ0v) is 46.4. The fourth-order valence-corrected chi connectivity index (χ4v) is 0.293. The van der Waals surface area contributed by atoms with Gasteiger partial charge in [-0.1, -0.05) is 0 Å². The molecule has 0 spiro atoms. The Morgan fingerprint density at radius 3 is 0.292 bits per heavy atom. The number of rotatable bonds is 2. The Labute approximate surface area is 439 Å². The molecule has 318 valence electrons. The van der Waals surface area contributed by atoms with Gasteiger partial charge >= 0.3 is 0 Å². The van der Waals surface area contributed by atoms with Crippen molar-refractivity contribution in [1.29, 1.82) is 0 Å². The van der Waals surface area contributed by atoms with Gasteiger partial charge < -0.3 is 5.11 Å². The molecule has 0 aliphatic heterocycles. The van der Waals surface area contributed by atoms with Gasteiger partial charge in [0.25, 0.3) is 0 Å². The van der Waals surface area contributed by atoms with E-state index >= 15 is 0 Å². The minimum atomic E-state index is -0.407. The smallest absolute Gasteiger partial charge is 0.110 e. The highest BCUT2D eigenvalue weighted by Gasteiger charge is 1.92. The van der Waals surface area contributed by atoms with Crippen LogP contribution in [0.4, 0.5) is 0 Å². The number of aliphatic hydroxyl groups is 1. The maximum absolute atomic E-state index is 8.07. The summed E-state index contributed by atoms with van der Waals surface area (Å²) in [6.45, 7) is 0.0671. The van der Waals surface area contributed by atoms with E-state index in [2.05, 4.69) is 0 Å². The van der Waals surface area contributed by atoms with E-state index in [4.69, 9.17) is 353 Å². The van der Waals surface area contributed by atoms with Crippen molar-refractivity contribution in [3.63, 3.8) is 0 Å². The summed E-state index contributed by atoms with van der Waals surface area (Å²) < 4.78 is 0. The molecule has 48 heavy (non-hydrogen) atoms. The molecule has 0 saturated carbocycles. The van der Waals surface area contributed by atoms with Gasteiger partial charge in [0, 0.05) is 13.0 Å². The van der Waals surface area contributed by atoms with Crippen molar-refractivity contribution in [2.45, 2.75) is 11.3 Å². The van der Waals surface area contributed by atoms with Gasteiger partial charge in [-0.15, -0.1) is 348 Å². The van der Waals surface area contributed by atoms with Crippen molar-refractivity contribution in [3.05, 3.63) is 0 Å². The van der Waals surface area contributed by atoms with Crippen LogP contribution in [0, 0.1) is 0 Å². The van der Waals surface area contributed by atoms with E-state index in [1.165, 1.54) is 0 Å². The Morgan fingerprint density at radius 1 is 0.229 bits per heavy atom. The van der Waals surface area contributed by atoms with E-state index in [0.717, 1.165) is 0 Å². The maximum Gasteiger partial charge on any atom is 0.110 e. The molecule has 0 radical (unpaired) electrons.